The Kier molecular flexibility index (Phi) is 5.37. The second-order valence-electron chi connectivity index (χ2n) is 3.49. The maximum atomic E-state index is 11.8. The Bertz CT molecular complexity index is 448. The number of unbranched alkanes of at least 4 members (excludes halogenated alkanes) is 2. The van der Waals surface area contributed by atoms with E-state index in [0.29, 0.717) is 17.1 Å². The van der Waals surface area contributed by atoms with Crippen molar-refractivity contribution >= 4 is 16.8 Å². The lowest BCUT2D eigenvalue weighted by molar-refractivity contribution is 0.0697. The summed E-state index contributed by atoms with van der Waals surface area (Å²) in [7, 11) is -1.11. The number of aromatic carboxylic acids is 1. The number of carboxylic acids is 1. The van der Waals surface area contributed by atoms with E-state index in [1.807, 2.05) is 6.07 Å². The van der Waals surface area contributed by atoms with Crippen LogP contribution in [0, 0.1) is 11.3 Å². The first kappa shape index (κ1) is 13.4. The van der Waals surface area contributed by atoms with Crippen LogP contribution in [0.25, 0.3) is 0 Å². The number of nitriles is 1. The van der Waals surface area contributed by atoms with Gasteiger partial charge in [-0.2, -0.15) is 5.26 Å². The molecule has 0 aliphatic rings. The number of nitrogens with zero attached hydrogens (tertiary/aromatic N) is 1. The first-order valence-electron chi connectivity index (χ1n) is 5.24. The predicted molar refractivity (Wildman–Crippen MR) is 64.1 cm³/mol. The monoisotopic (exact) mass is 251 g/mol. The number of carboxylic acid groups (broad SMARTS) is 1. The van der Waals surface area contributed by atoms with Crippen LogP contribution in [0.2, 0.25) is 0 Å². The van der Waals surface area contributed by atoms with Crippen LogP contribution in [0.1, 0.15) is 29.6 Å². The fraction of sp³-hybridized carbons (Fsp3) is 0.333. The van der Waals surface area contributed by atoms with Gasteiger partial charge in [0.2, 0.25) is 0 Å². The van der Waals surface area contributed by atoms with Gasteiger partial charge in [0.15, 0.2) is 0 Å². The zero-order valence-corrected chi connectivity index (χ0v) is 10.1. The topological polar surface area (TPSA) is 78.2 Å². The minimum Gasteiger partial charge on any atom is -0.478 e. The van der Waals surface area contributed by atoms with Crippen LogP contribution >= 0.6 is 0 Å². The molecule has 0 radical (unpaired) electrons. The normalized spacial score (nSPS) is 11.7. The quantitative estimate of drug-likeness (QED) is 0.786. The van der Waals surface area contributed by atoms with Crippen molar-refractivity contribution in [2.24, 2.45) is 0 Å². The summed E-state index contributed by atoms with van der Waals surface area (Å²) in [6.07, 6.45) is 1.96. The molecule has 1 aromatic rings. The Morgan fingerprint density at radius 1 is 1.29 bits per heavy atom. The standard InChI is InChI=1S/C12H13NO3S/c13-8-2-1-3-9-17(16)11-6-4-10(5-7-11)12(14)15/h4-7H,1-3,9H2,(H,14,15). The molecular formula is C12H13NO3S. The molecular weight excluding hydrogens is 238 g/mol. The fourth-order valence-electron chi connectivity index (χ4n) is 1.30. The highest BCUT2D eigenvalue weighted by Crippen LogP contribution is 2.11. The molecule has 1 aromatic carbocycles. The molecule has 0 saturated carbocycles. The number of benzene rings is 1. The second kappa shape index (κ2) is 6.81. The maximum absolute atomic E-state index is 11.8. The van der Waals surface area contributed by atoms with Crippen LogP contribution < -0.4 is 0 Å². The summed E-state index contributed by atoms with van der Waals surface area (Å²) in [6, 6.07) is 8.08. The molecule has 1 N–H and O–H groups in total. The SMILES string of the molecule is N#CCCCCS(=O)c1ccc(C(=O)O)cc1. The van der Waals surface area contributed by atoms with Crippen molar-refractivity contribution in [2.45, 2.75) is 24.2 Å². The summed E-state index contributed by atoms with van der Waals surface area (Å²) >= 11 is 0. The summed E-state index contributed by atoms with van der Waals surface area (Å²) in [5.41, 5.74) is 0.190. The molecule has 0 amide bonds. The second-order valence-corrected chi connectivity index (χ2v) is 5.07. The minimum absolute atomic E-state index is 0.190. The molecule has 5 heteroatoms. The number of rotatable bonds is 6. The van der Waals surface area contributed by atoms with Crippen LogP contribution in [0.3, 0.4) is 0 Å². The van der Waals surface area contributed by atoms with E-state index in [4.69, 9.17) is 10.4 Å². The number of hydrogen-bond donors (Lipinski definition) is 1. The molecule has 1 rings (SSSR count). The number of carbonyl (C=O) groups is 1. The van der Waals surface area contributed by atoms with Crippen molar-refractivity contribution in [3.05, 3.63) is 29.8 Å². The van der Waals surface area contributed by atoms with Crippen molar-refractivity contribution in [2.75, 3.05) is 5.75 Å². The van der Waals surface area contributed by atoms with E-state index in [1.165, 1.54) is 12.1 Å². The zero-order chi connectivity index (χ0) is 12.7. The Labute approximate surface area is 102 Å². The summed E-state index contributed by atoms with van der Waals surface area (Å²) in [5.74, 6) is -0.481. The smallest absolute Gasteiger partial charge is 0.335 e. The summed E-state index contributed by atoms with van der Waals surface area (Å²) in [6.45, 7) is 0. The van der Waals surface area contributed by atoms with Crippen molar-refractivity contribution in [3.8, 4) is 6.07 Å². The van der Waals surface area contributed by atoms with Crippen molar-refractivity contribution < 1.29 is 14.1 Å². The largest absolute Gasteiger partial charge is 0.478 e. The van der Waals surface area contributed by atoms with Gasteiger partial charge in [-0.25, -0.2) is 4.79 Å². The van der Waals surface area contributed by atoms with Crippen molar-refractivity contribution in [1.29, 1.82) is 5.26 Å². The van der Waals surface area contributed by atoms with Crippen molar-refractivity contribution in [3.63, 3.8) is 0 Å². The molecule has 0 aliphatic heterocycles. The first-order chi connectivity index (χ1) is 8.15. The maximum Gasteiger partial charge on any atom is 0.335 e. The van der Waals surface area contributed by atoms with Gasteiger partial charge in [0.05, 0.1) is 22.4 Å². The van der Waals surface area contributed by atoms with Gasteiger partial charge < -0.3 is 5.11 Å². The van der Waals surface area contributed by atoms with Crippen molar-refractivity contribution in [1.82, 2.24) is 0 Å². The van der Waals surface area contributed by atoms with Gasteiger partial charge in [0.25, 0.3) is 0 Å². The third kappa shape index (κ3) is 4.37. The highest BCUT2D eigenvalue weighted by molar-refractivity contribution is 7.85. The van der Waals surface area contributed by atoms with E-state index in [2.05, 4.69) is 0 Å². The molecule has 4 nitrogen and oxygen atoms in total. The molecule has 0 fully saturated rings. The molecule has 0 bridgehead atoms. The molecule has 90 valence electrons. The molecule has 0 aromatic heterocycles. The average molecular weight is 251 g/mol. The molecule has 1 unspecified atom stereocenters. The van der Waals surface area contributed by atoms with E-state index in [9.17, 15) is 9.00 Å². The van der Waals surface area contributed by atoms with Gasteiger partial charge >= 0.3 is 5.97 Å². The molecule has 0 aliphatic carbocycles. The highest BCUT2D eigenvalue weighted by Gasteiger charge is 2.06. The molecule has 0 heterocycles. The fourth-order valence-corrected chi connectivity index (χ4v) is 2.45. The van der Waals surface area contributed by atoms with Crippen LogP contribution in [0.5, 0.6) is 0 Å². The summed E-state index contributed by atoms with van der Waals surface area (Å²) < 4.78 is 11.8. The summed E-state index contributed by atoms with van der Waals surface area (Å²) in [4.78, 5) is 11.3. The van der Waals surface area contributed by atoms with Crippen LogP contribution in [-0.4, -0.2) is 21.0 Å². The highest BCUT2D eigenvalue weighted by atomic mass is 32.2. The average Bonchev–Trinajstić information content (AvgIpc) is 2.34. The molecule has 1 atom stereocenters. The Morgan fingerprint density at radius 3 is 2.47 bits per heavy atom. The third-order valence-corrected chi connectivity index (χ3v) is 3.69. The van der Waals surface area contributed by atoms with E-state index < -0.39 is 16.8 Å². The van der Waals surface area contributed by atoms with E-state index in [0.717, 1.165) is 12.8 Å². The van der Waals surface area contributed by atoms with Gasteiger partial charge in [0.1, 0.15) is 0 Å². The number of hydrogen-bond acceptors (Lipinski definition) is 3. The Hall–Kier alpha value is -1.67. The first-order valence-corrected chi connectivity index (χ1v) is 6.55. The lowest BCUT2D eigenvalue weighted by atomic mass is 10.2. The van der Waals surface area contributed by atoms with E-state index in [1.54, 1.807) is 12.1 Å². The Morgan fingerprint density at radius 2 is 1.94 bits per heavy atom. The van der Waals surface area contributed by atoms with Gasteiger partial charge in [-0.1, -0.05) is 0 Å². The Balaban J connectivity index is 2.52. The minimum atomic E-state index is -1.11. The third-order valence-electron chi connectivity index (χ3n) is 2.23. The van der Waals surface area contributed by atoms with Gasteiger partial charge in [0, 0.05) is 17.1 Å². The van der Waals surface area contributed by atoms with E-state index in [-0.39, 0.29) is 5.56 Å². The molecule has 0 spiro atoms. The van der Waals surface area contributed by atoms with Crippen LogP contribution in [-0.2, 0) is 10.8 Å². The molecule has 0 saturated heterocycles. The van der Waals surface area contributed by atoms with Gasteiger partial charge in [-0.15, -0.1) is 0 Å². The van der Waals surface area contributed by atoms with Gasteiger partial charge in [-0.3, -0.25) is 4.21 Å². The van der Waals surface area contributed by atoms with Crippen LogP contribution in [0.15, 0.2) is 29.2 Å². The van der Waals surface area contributed by atoms with Crippen LogP contribution in [0.4, 0.5) is 0 Å². The lowest BCUT2D eigenvalue weighted by Gasteiger charge is -2.02. The van der Waals surface area contributed by atoms with Gasteiger partial charge in [-0.05, 0) is 37.1 Å². The summed E-state index contributed by atoms with van der Waals surface area (Å²) in [5, 5.41) is 17.1. The van der Waals surface area contributed by atoms with E-state index >= 15 is 0 Å². The lowest BCUT2D eigenvalue weighted by Crippen LogP contribution is -2.00. The molecule has 17 heavy (non-hydrogen) atoms. The predicted octanol–water partition coefficient (Wildman–Crippen LogP) is 2.19. The zero-order valence-electron chi connectivity index (χ0n) is 9.26.